The summed E-state index contributed by atoms with van der Waals surface area (Å²) in [6.07, 6.45) is 8.34. The molecule has 0 radical (unpaired) electrons. The molecule has 0 aliphatic heterocycles. The number of nitriles is 1. The highest BCUT2D eigenvalue weighted by Crippen LogP contribution is 2.13. The molecule has 5 nitrogen and oxygen atoms in total. The van der Waals surface area contributed by atoms with Crippen molar-refractivity contribution >= 4 is 0 Å². The van der Waals surface area contributed by atoms with Crippen LogP contribution in [-0.4, -0.2) is 19.7 Å². The predicted molar refractivity (Wildman–Crippen MR) is 48.9 cm³/mol. The highest BCUT2D eigenvalue weighted by atomic mass is 15.3. The quantitative estimate of drug-likeness (QED) is 0.696. The van der Waals surface area contributed by atoms with Crippen LogP contribution in [-0.2, 0) is 6.54 Å². The van der Waals surface area contributed by atoms with E-state index in [2.05, 4.69) is 15.1 Å². The molecule has 2 aromatic rings. The second-order valence-electron chi connectivity index (χ2n) is 2.68. The lowest BCUT2D eigenvalue weighted by Gasteiger charge is -1.92. The first-order chi connectivity index (χ1) is 6.90. The van der Waals surface area contributed by atoms with Crippen LogP contribution in [0.4, 0.5) is 0 Å². The van der Waals surface area contributed by atoms with Gasteiger partial charge in [-0.15, -0.1) is 0 Å². The van der Waals surface area contributed by atoms with Crippen molar-refractivity contribution in [2.24, 2.45) is 0 Å². The zero-order chi connectivity index (χ0) is 9.80. The van der Waals surface area contributed by atoms with Crippen LogP contribution in [0.5, 0.6) is 0 Å². The summed E-state index contributed by atoms with van der Waals surface area (Å²) in [5.41, 5.74) is 1.63. The maximum atomic E-state index is 8.46. The second kappa shape index (κ2) is 3.66. The highest BCUT2D eigenvalue weighted by molar-refractivity contribution is 5.55. The summed E-state index contributed by atoms with van der Waals surface area (Å²) >= 11 is 0. The summed E-state index contributed by atoms with van der Waals surface area (Å²) in [5, 5.41) is 12.5. The van der Waals surface area contributed by atoms with Crippen molar-refractivity contribution in [2.45, 2.75) is 6.54 Å². The Balaban J connectivity index is 2.31. The highest BCUT2D eigenvalue weighted by Gasteiger charge is 2.01. The zero-order valence-corrected chi connectivity index (χ0v) is 7.33. The smallest absolute Gasteiger partial charge is 0.128 e. The number of hydrogen-bond donors (Lipinski definition) is 0. The van der Waals surface area contributed by atoms with E-state index < -0.39 is 0 Å². The van der Waals surface area contributed by atoms with Gasteiger partial charge in [0.15, 0.2) is 0 Å². The lowest BCUT2D eigenvalue weighted by Crippen LogP contribution is -1.94. The Morgan fingerprint density at radius 1 is 1.36 bits per heavy atom. The molecule has 0 N–H and O–H groups in total. The molecule has 0 aliphatic carbocycles. The van der Waals surface area contributed by atoms with Gasteiger partial charge in [0, 0.05) is 24.2 Å². The number of hydrogen-bond acceptors (Lipinski definition) is 4. The van der Waals surface area contributed by atoms with Gasteiger partial charge in [-0.25, -0.2) is 0 Å². The van der Waals surface area contributed by atoms with E-state index in [0.29, 0.717) is 0 Å². The third kappa shape index (κ3) is 1.59. The normalized spacial score (nSPS) is 9.64. The standard InChI is InChI=1S/C9H7N5/c10-1-4-14-7-8(5-13-14)9-6-11-2-3-12-9/h2-3,5-7H,4H2. The summed E-state index contributed by atoms with van der Waals surface area (Å²) in [6.45, 7) is 0.250. The average Bonchev–Trinajstić information content (AvgIpc) is 2.68. The monoisotopic (exact) mass is 185 g/mol. The topological polar surface area (TPSA) is 67.4 Å². The van der Waals surface area contributed by atoms with Crippen molar-refractivity contribution < 1.29 is 0 Å². The molecule has 14 heavy (non-hydrogen) atoms. The van der Waals surface area contributed by atoms with E-state index in [4.69, 9.17) is 5.26 Å². The SMILES string of the molecule is N#CCn1cc(-c2cnccn2)cn1. The Hall–Kier alpha value is -2.22. The molecule has 0 saturated carbocycles. The summed E-state index contributed by atoms with van der Waals surface area (Å²) in [7, 11) is 0. The Kier molecular flexibility index (Phi) is 2.19. The maximum Gasteiger partial charge on any atom is 0.128 e. The van der Waals surface area contributed by atoms with E-state index in [1.165, 1.54) is 0 Å². The van der Waals surface area contributed by atoms with E-state index >= 15 is 0 Å². The minimum Gasteiger partial charge on any atom is -0.261 e. The molecule has 0 atom stereocenters. The van der Waals surface area contributed by atoms with Crippen LogP contribution in [0.25, 0.3) is 11.3 Å². The van der Waals surface area contributed by atoms with Crippen LogP contribution in [0.2, 0.25) is 0 Å². The maximum absolute atomic E-state index is 8.46. The van der Waals surface area contributed by atoms with Crippen molar-refractivity contribution in [3.63, 3.8) is 0 Å². The van der Waals surface area contributed by atoms with Crippen LogP contribution in [0.15, 0.2) is 31.0 Å². The Labute approximate surface area is 80.7 Å². The lowest BCUT2D eigenvalue weighted by molar-refractivity contribution is 0.710. The average molecular weight is 185 g/mol. The fraction of sp³-hybridized carbons (Fsp3) is 0.111. The van der Waals surface area contributed by atoms with Gasteiger partial charge in [-0.1, -0.05) is 0 Å². The van der Waals surface area contributed by atoms with Gasteiger partial charge in [0.1, 0.15) is 6.54 Å². The second-order valence-corrected chi connectivity index (χ2v) is 2.68. The summed E-state index contributed by atoms with van der Waals surface area (Å²) in [5.74, 6) is 0. The fourth-order valence-corrected chi connectivity index (χ4v) is 1.10. The van der Waals surface area contributed by atoms with Gasteiger partial charge >= 0.3 is 0 Å². The molecular weight excluding hydrogens is 178 g/mol. The van der Waals surface area contributed by atoms with Gasteiger partial charge in [0.25, 0.3) is 0 Å². The molecule has 2 rings (SSSR count). The molecule has 68 valence electrons. The molecule has 0 spiro atoms. The zero-order valence-electron chi connectivity index (χ0n) is 7.33. The number of rotatable bonds is 2. The summed E-state index contributed by atoms with van der Waals surface area (Å²) in [4.78, 5) is 8.08. The van der Waals surface area contributed by atoms with Crippen LogP contribution >= 0.6 is 0 Å². The minimum absolute atomic E-state index is 0.250. The molecule has 0 saturated heterocycles. The number of nitrogens with zero attached hydrogens (tertiary/aromatic N) is 5. The van der Waals surface area contributed by atoms with E-state index in [1.54, 1.807) is 35.7 Å². The molecule has 0 aromatic carbocycles. The minimum atomic E-state index is 0.250. The van der Waals surface area contributed by atoms with Crippen LogP contribution < -0.4 is 0 Å². The first kappa shape index (κ1) is 8.38. The van der Waals surface area contributed by atoms with Crippen molar-refractivity contribution in [2.75, 3.05) is 0 Å². The molecular formula is C9H7N5. The third-order valence-electron chi connectivity index (χ3n) is 1.72. The molecule has 0 bridgehead atoms. The Bertz CT molecular complexity index is 454. The van der Waals surface area contributed by atoms with Gasteiger partial charge in [0.2, 0.25) is 0 Å². The van der Waals surface area contributed by atoms with Crippen molar-refractivity contribution in [1.82, 2.24) is 19.7 Å². The van der Waals surface area contributed by atoms with Gasteiger partial charge in [-0.3, -0.25) is 14.6 Å². The lowest BCUT2D eigenvalue weighted by atomic mass is 10.3. The van der Waals surface area contributed by atoms with Gasteiger partial charge in [-0.05, 0) is 0 Å². The van der Waals surface area contributed by atoms with Crippen molar-refractivity contribution in [3.05, 3.63) is 31.0 Å². The first-order valence-electron chi connectivity index (χ1n) is 4.06. The van der Waals surface area contributed by atoms with E-state index in [9.17, 15) is 0 Å². The first-order valence-corrected chi connectivity index (χ1v) is 4.06. The van der Waals surface area contributed by atoms with Gasteiger partial charge in [0.05, 0.1) is 24.2 Å². The largest absolute Gasteiger partial charge is 0.261 e. The van der Waals surface area contributed by atoms with E-state index in [1.807, 2.05) is 6.07 Å². The summed E-state index contributed by atoms with van der Waals surface area (Å²) < 4.78 is 1.56. The predicted octanol–water partition coefficient (Wildman–Crippen LogP) is 0.864. The molecule has 2 heterocycles. The van der Waals surface area contributed by atoms with Crippen molar-refractivity contribution in [3.8, 4) is 17.3 Å². The van der Waals surface area contributed by atoms with Gasteiger partial charge < -0.3 is 0 Å². The summed E-state index contributed by atoms with van der Waals surface area (Å²) in [6, 6.07) is 2.01. The number of aromatic nitrogens is 4. The Morgan fingerprint density at radius 3 is 3.00 bits per heavy atom. The van der Waals surface area contributed by atoms with Crippen LogP contribution in [0.3, 0.4) is 0 Å². The van der Waals surface area contributed by atoms with E-state index in [-0.39, 0.29) is 6.54 Å². The molecule has 0 fully saturated rings. The van der Waals surface area contributed by atoms with Gasteiger partial charge in [-0.2, -0.15) is 10.4 Å². The third-order valence-corrected chi connectivity index (χ3v) is 1.72. The van der Waals surface area contributed by atoms with E-state index in [0.717, 1.165) is 11.3 Å². The van der Waals surface area contributed by atoms with Crippen LogP contribution in [0, 0.1) is 11.3 Å². The molecule has 5 heteroatoms. The molecule has 0 amide bonds. The Morgan fingerprint density at radius 2 is 2.29 bits per heavy atom. The van der Waals surface area contributed by atoms with Crippen molar-refractivity contribution in [1.29, 1.82) is 5.26 Å². The molecule has 0 unspecified atom stereocenters. The molecule has 0 aliphatic rings. The van der Waals surface area contributed by atoms with Crippen LogP contribution in [0.1, 0.15) is 0 Å². The molecule has 2 aromatic heterocycles. The fourth-order valence-electron chi connectivity index (χ4n) is 1.10.